The summed E-state index contributed by atoms with van der Waals surface area (Å²) in [4.78, 5) is 45.5. The van der Waals surface area contributed by atoms with Crippen LogP contribution in [-0.2, 0) is 38.1 Å². The lowest BCUT2D eigenvalue weighted by Crippen LogP contribution is -2.31. The lowest BCUT2D eigenvalue weighted by atomic mass is 9.92. The van der Waals surface area contributed by atoms with E-state index in [1.54, 1.807) is 0 Å². The molecule has 12 nitrogen and oxygen atoms in total. The van der Waals surface area contributed by atoms with Crippen molar-refractivity contribution in [3.63, 3.8) is 0 Å². The van der Waals surface area contributed by atoms with Crippen molar-refractivity contribution in [2.45, 2.75) is 395 Å². The second kappa shape index (κ2) is 73.9. The zero-order valence-electron chi connectivity index (χ0n) is 64.2. The van der Waals surface area contributed by atoms with Gasteiger partial charge in [-0.2, -0.15) is 0 Å². The summed E-state index contributed by atoms with van der Waals surface area (Å²) >= 11 is 0. The zero-order valence-corrected chi connectivity index (χ0v) is 64.2. The van der Waals surface area contributed by atoms with Gasteiger partial charge in [0.25, 0.3) is 0 Å². The van der Waals surface area contributed by atoms with Crippen LogP contribution < -0.4 is 0 Å². The Hall–Kier alpha value is -1.83. The van der Waals surface area contributed by atoms with Gasteiger partial charge in [0.15, 0.2) is 6.29 Å². The van der Waals surface area contributed by atoms with Gasteiger partial charge >= 0.3 is 17.9 Å². The van der Waals surface area contributed by atoms with Crippen LogP contribution >= 0.6 is 0 Å². The Labute approximate surface area is 584 Å². The van der Waals surface area contributed by atoms with E-state index < -0.39 is 0 Å². The first-order chi connectivity index (χ1) is 46.0. The summed E-state index contributed by atoms with van der Waals surface area (Å²) in [7, 11) is 2.20. The Kier molecular flexibility index (Phi) is 72.4. The molecule has 12 heteroatoms. The topological polar surface area (TPSA) is 127 Å². The van der Waals surface area contributed by atoms with Gasteiger partial charge in [0, 0.05) is 39.0 Å². The number of hydrogen-bond acceptors (Lipinski definition) is 12. The standard InChI is InChI=1S/C82H163N3O9/c1-9-15-33-50-77(51-34-16-10-2)59-73-92-80(87)56-39-27-21-24-30-42-64-84(65-43-31-25-22-28-40-57-81(88)93-74-60-78(52-35-17-11-3)53-36-18-12-4)68-48-71-90-76(7)91-72-49-69-85(67-47-63-83(8)62-45-46-70-86)66-44-32-26-23-29-41-58-82(89)94-75-61-79(54-37-19-13-5)55-38-20-14-6/h76-79,86H,9-75H2,1-8H3. The van der Waals surface area contributed by atoms with Crippen LogP contribution in [0.1, 0.15) is 389 Å². The number of rotatable bonds is 78. The molecule has 0 aliphatic heterocycles. The molecule has 0 spiro atoms. The third-order valence-corrected chi connectivity index (χ3v) is 19.9. The van der Waals surface area contributed by atoms with Crippen LogP contribution in [0.2, 0.25) is 0 Å². The molecule has 0 aromatic rings. The highest BCUT2D eigenvalue weighted by Crippen LogP contribution is 2.25. The van der Waals surface area contributed by atoms with Gasteiger partial charge in [-0.25, -0.2) is 0 Å². The number of aliphatic hydroxyl groups is 1. The minimum absolute atomic E-state index is 0.00669. The molecule has 0 aliphatic rings. The highest BCUT2D eigenvalue weighted by atomic mass is 16.7. The molecule has 1 atom stereocenters. The monoisotopic (exact) mass is 1330 g/mol. The Morgan fingerprint density at radius 3 is 0.840 bits per heavy atom. The molecule has 560 valence electrons. The summed E-state index contributed by atoms with van der Waals surface area (Å²) in [6, 6.07) is 0. The predicted molar refractivity (Wildman–Crippen MR) is 401 cm³/mol. The van der Waals surface area contributed by atoms with Gasteiger partial charge in [-0.05, 0) is 161 Å². The van der Waals surface area contributed by atoms with Gasteiger partial charge in [-0.15, -0.1) is 0 Å². The third kappa shape index (κ3) is 66.1. The first kappa shape index (κ1) is 92.2. The van der Waals surface area contributed by atoms with E-state index in [0.717, 1.165) is 142 Å². The lowest BCUT2D eigenvalue weighted by Gasteiger charge is -2.25. The molecule has 1 unspecified atom stereocenters. The van der Waals surface area contributed by atoms with Crippen molar-refractivity contribution >= 4 is 17.9 Å². The number of ether oxygens (including phenoxy) is 5. The van der Waals surface area contributed by atoms with Crippen LogP contribution in [0.3, 0.4) is 0 Å². The molecule has 0 rings (SSSR count). The van der Waals surface area contributed by atoms with Gasteiger partial charge in [0.05, 0.1) is 33.0 Å². The molecule has 94 heavy (non-hydrogen) atoms. The van der Waals surface area contributed by atoms with E-state index in [9.17, 15) is 19.5 Å². The fourth-order valence-electron chi connectivity index (χ4n) is 13.5. The average molecular weight is 1340 g/mol. The Morgan fingerprint density at radius 1 is 0.287 bits per heavy atom. The largest absolute Gasteiger partial charge is 0.466 e. The van der Waals surface area contributed by atoms with Gasteiger partial charge < -0.3 is 43.5 Å². The molecule has 0 bridgehead atoms. The van der Waals surface area contributed by atoms with Crippen LogP contribution in [0.4, 0.5) is 0 Å². The van der Waals surface area contributed by atoms with Crippen LogP contribution in [-0.4, -0.2) is 143 Å². The van der Waals surface area contributed by atoms with Crippen molar-refractivity contribution in [2.24, 2.45) is 17.8 Å². The van der Waals surface area contributed by atoms with Gasteiger partial charge in [0.1, 0.15) is 0 Å². The molecule has 0 amide bonds. The summed E-state index contributed by atoms with van der Waals surface area (Å²) in [6.07, 6.45) is 60.9. The third-order valence-electron chi connectivity index (χ3n) is 19.9. The number of hydrogen-bond donors (Lipinski definition) is 1. The van der Waals surface area contributed by atoms with Crippen molar-refractivity contribution < 1.29 is 43.2 Å². The van der Waals surface area contributed by atoms with E-state index in [1.165, 1.54) is 231 Å². The van der Waals surface area contributed by atoms with Crippen LogP contribution in [0.15, 0.2) is 0 Å². The molecule has 0 saturated carbocycles. The molecular formula is C82H163N3O9. The molecular weight excluding hydrogens is 1170 g/mol. The summed E-state index contributed by atoms with van der Waals surface area (Å²) < 4.78 is 29.7. The number of carbonyl (C=O) groups is 3. The first-order valence-corrected chi connectivity index (χ1v) is 41.5. The Bertz CT molecular complexity index is 1470. The van der Waals surface area contributed by atoms with Crippen LogP contribution in [0.25, 0.3) is 0 Å². The van der Waals surface area contributed by atoms with Crippen molar-refractivity contribution in [3.05, 3.63) is 0 Å². The van der Waals surface area contributed by atoms with Gasteiger partial charge in [-0.3, -0.25) is 14.4 Å². The number of esters is 3. The number of carbonyl (C=O) groups excluding carboxylic acids is 3. The number of unbranched alkanes of at least 4 members (excludes halogenated alkanes) is 28. The minimum atomic E-state index is -0.228. The molecule has 0 aromatic heterocycles. The van der Waals surface area contributed by atoms with E-state index >= 15 is 0 Å². The van der Waals surface area contributed by atoms with Gasteiger partial charge in [0.2, 0.25) is 0 Å². The maximum absolute atomic E-state index is 12.6. The van der Waals surface area contributed by atoms with E-state index in [-0.39, 0.29) is 30.8 Å². The number of nitrogens with zero attached hydrogens (tertiary/aromatic N) is 3. The lowest BCUT2D eigenvalue weighted by molar-refractivity contribution is -0.145. The quantitative estimate of drug-likeness (QED) is 0.0270. The molecule has 0 aliphatic carbocycles. The molecule has 0 aromatic carbocycles. The van der Waals surface area contributed by atoms with Gasteiger partial charge in [-0.1, -0.05) is 273 Å². The fourth-order valence-corrected chi connectivity index (χ4v) is 13.5. The van der Waals surface area contributed by atoms with Crippen molar-refractivity contribution in [1.82, 2.24) is 14.7 Å². The summed E-state index contributed by atoms with van der Waals surface area (Å²) in [6.45, 7) is 27.7. The Morgan fingerprint density at radius 2 is 0.543 bits per heavy atom. The van der Waals surface area contributed by atoms with Crippen molar-refractivity contribution in [2.75, 3.05) is 99.0 Å². The van der Waals surface area contributed by atoms with Crippen molar-refractivity contribution in [3.8, 4) is 0 Å². The summed E-state index contributed by atoms with van der Waals surface area (Å²) in [5.41, 5.74) is 0. The minimum Gasteiger partial charge on any atom is -0.466 e. The first-order valence-electron chi connectivity index (χ1n) is 41.5. The second-order valence-corrected chi connectivity index (χ2v) is 29.0. The maximum atomic E-state index is 12.6. The maximum Gasteiger partial charge on any atom is 0.305 e. The van der Waals surface area contributed by atoms with Crippen LogP contribution in [0, 0.1) is 17.8 Å². The molecule has 0 radical (unpaired) electrons. The number of aliphatic hydroxyl groups excluding tert-OH is 1. The highest BCUT2D eigenvalue weighted by Gasteiger charge is 2.16. The van der Waals surface area contributed by atoms with E-state index in [1.807, 2.05) is 0 Å². The SMILES string of the molecule is CCCCCC(CCCCC)CCOC(=O)CCCCCCCCN(CCCCCCCCC(=O)OCCC(CCCCC)CCCCC)CCCOC(C)OCCCN(CCCCCCCCC(=O)OCCC(CCCCC)CCCCC)CCCN(C)CCCCO. The Balaban J connectivity index is 5.01. The molecule has 0 fully saturated rings. The van der Waals surface area contributed by atoms with E-state index in [2.05, 4.69) is 70.2 Å². The normalized spacial score (nSPS) is 12.3. The predicted octanol–water partition coefficient (Wildman–Crippen LogP) is 22.2. The van der Waals surface area contributed by atoms with E-state index in [0.29, 0.717) is 70.1 Å². The molecule has 0 saturated heterocycles. The average Bonchev–Trinajstić information content (AvgIpc) is 3.78. The summed E-state index contributed by atoms with van der Waals surface area (Å²) in [5.74, 6) is 2.07. The molecule has 1 N–H and O–H groups in total. The van der Waals surface area contributed by atoms with Crippen molar-refractivity contribution in [1.29, 1.82) is 0 Å². The van der Waals surface area contributed by atoms with E-state index in [4.69, 9.17) is 23.7 Å². The molecule has 0 heterocycles. The van der Waals surface area contributed by atoms with Crippen LogP contribution in [0.5, 0.6) is 0 Å². The fraction of sp³-hybridized carbons (Fsp3) is 0.963. The zero-order chi connectivity index (χ0) is 68.7. The second-order valence-electron chi connectivity index (χ2n) is 29.0. The smallest absolute Gasteiger partial charge is 0.305 e. The highest BCUT2D eigenvalue weighted by molar-refractivity contribution is 5.69. The summed E-state index contributed by atoms with van der Waals surface area (Å²) in [5, 5.41) is 9.27.